The quantitative estimate of drug-likeness (QED) is 0.197. The van der Waals surface area contributed by atoms with E-state index in [4.69, 9.17) is 16.3 Å². The third kappa shape index (κ3) is 5.86. The minimum absolute atomic E-state index is 0.145. The predicted octanol–water partition coefficient (Wildman–Crippen LogP) is 2.05. The van der Waals surface area contributed by atoms with Crippen LogP contribution in [0.15, 0.2) is 59.5 Å². The lowest BCUT2D eigenvalue weighted by atomic mass is 9.98. The molecular formula is C25H22FN3O8S2. The Hall–Kier alpha value is -4.03. The number of rotatable bonds is 9. The molecule has 3 N–H and O–H groups in total. The van der Waals surface area contributed by atoms with Gasteiger partial charge in [0.25, 0.3) is 10.0 Å². The number of terminal acetylenes is 1. The van der Waals surface area contributed by atoms with Crippen molar-refractivity contribution in [3.05, 3.63) is 66.0 Å². The first-order valence-electron chi connectivity index (χ1n) is 11.3. The van der Waals surface area contributed by atoms with Gasteiger partial charge in [-0.15, -0.1) is 6.42 Å². The number of anilines is 1. The molecule has 14 heteroatoms. The molecule has 0 aromatic heterocycles. The number of halogens is 1. The van der Waals surface area contributed by atoms with E-state index in [0.29, 0.717) is 15.3 Å². The Morgan fingerprint density at radius 1 is 1.15 bits per heavy atom. The number of benzene rings is 3. The molecule has 0 amide bonds. The van der Waals surface area contributed by atoms with E-state index >= 15 is 0 Å². The fraction of sp³-hybridized carbons (Fsp3) is 0.200. The summed E-state index contributed by atoms with van der Waals surface area (Å²) in [6.07, 6.45) is 5.48. The van der Waals surface area contributed by atoms with Crippen LogP contribution in [0.5, 0.6) is 5.75 Å². The van der Waals surface area contributed by atoms with Crippen LogP contribution < -0.4 is 18.5 Å². The van der Waals surface area contributed by atoms with Crippen molar-refractivity contribution in [2.45, 2.75) is 30.3 Å². The Morgan fingerprint density at radius 3 is 2.51 bits per heavy atom. The van der Waals surface area contributed by atoms with Gasteiger partial charge in [-0.2, -0.15) is 8.42 Å². The smallest absolute Gasteiger partial charge is 0.332 e. The highest BCUT2D eigenvalue weighted by Gasteiger charge is 2.37. The molecule has 1 aliphatic rings. The number of ether oxygens (including phenoxy) is 1. The lowest BCUT2D eigenvalue weighted by Crippen LogP contribution is -2.48. The summed E-state index contributed by atoms with van der Waals surface area (Å²) >= 11 is 0. The summed E-state index contributed by atoms with van der Waals surface area (Å²) in [5, 5.41) is 12.6. The van der Waals surface area contributed by atoms with E-state index in [0.717, 1.165) is 18.2 Å². The molecule has 11 nitrogen and oxygen atoms in total. The fourth-order valence-corrected chi connectivity index (χ4v) is 7.42. The average Bonchev–Trinajstić information content (AvgIpc) is 2.84. The lowest BCUT2D eigenvalue weighted by molar-refractivity contribution is -0.137. The summed E-state index contributed by atoms with van der Waals surface area (Å²) in [5.41, 5.74) is 0.249. The minimum atomic E-state index is -4.90. The fourth-order valence-electron chi connectivity index (χ4n) is 4.19. The number of fused-ring (bicyclic) bond motifs is 2. The third-order valence-corrected chi connectivity index (χ3v) is 9.37. The Morgan fingerprint density at radius 2 is 1.85 bits per heavy atom. The number of nitrogens with one attached hydrogen (secondary N) is 2. The summed E-state index contributed by atoms with van der Waals surface area (Å²) in [7, 11) is -9.67. The van der Waals surface area contributed by atoms with Gasteiger partial charge in [0, 0.05) is 17.5 Å². The molecule has 0 fully saturated rings. The van der Waals surface area contributed by atoms with Gasteiger partial charge in [-0.05, 0) is 36.1 Å². The Bertz CT molecular complexity index is 1740. The third-order valence-electron chi connectivity index (χ3n) is 5.81. The zero-order chi connectivity index (χ0) is 28.5. The van der Waals surface area contributed by atoms with Crippen molar-refractivity contribution >= 4 is 48.6 Å². The number of nitrogens with zero attached hydrogens (tertiary/aromatic N) is 1. The number of esters is 1. The highest BCUT2D eigenvalue weighted by atomic mass is 32.3. The zero-order valence-corrected chi connectivity index (χ0v) is 21.9. The normalized spacial score (nSPS) is 15.2. The van der Waals surface area contributed by atoms with Crippen molar-refractivity contribution in [3.8, 4) is 18.1 Å². The van der Waals surface area contributed by atoms with Crippen LogP contribution in [-0.4, -0.2) is 46.5 Å². The molecule has 0 saturated carbocycles. The number of carbonyl (C=O) groups excluding carboxylic acids is 1. The van der Waals surface area contributed by atoms with Gasteiger partial charge < -0.3 is 9.84 Å². The van der Waals surface area contributed by atoms with Gasteiger partial charge in [0.1, 0.15) is 12.4 Å². The minimum Gasteiger partial charge on any atom is -0.481 e. The number of sulfonamides is 1. The number of carboxylic acid groups (broad SMARTS) is 1. The number of carboxylic acids is 1. The maximum Gasteiger partial charge on any atom is 0.332 e. The van der Waals surface area contributed by atoms with Gasteiger partial charge >= 0.3 is 22.1 Å². The number of hydrogen-bond donors (Lipinski definition) is 3. The first-order valence-corrected chi connectivity index (χ1v) is 14.3. The van der Waals surface area contributed by atoms with Crippen LogP contribution in [0.4, 0.5) is 10.1 Å². The number of carbonyl (C=O) groups is 2. The second kappa shape index (κ2) is 10.6. The molecule has 0 saturated heterocycles. The molecule has 0 spiro atoms. The van der Waals surface area contributed by atoms with Crippen LogP contribution in [0.2, 0.25) is 0 Å². The van der Waals surface area contributed by atoms with Gasteiger partial charge in [-0.25, -0.2) is 21.9 Å². The van der Waals surface area contributed by atoms with Crippen LogP contribution in [0.3, 0.4) is 0 Å². The average molecular weight is 576 g/mol. The van der Waals surface area contributed by atoms with E-state index in [1.807, 2.05) is 0 Å². The molecule has 0 aliphatic carbocycles. The first-order chi connectivity index (χ1) is 18.3. The molecule has 204 valence electrons. The first kappa shape index (κ1) is 28.0. The number of hydrogen-bond acceptors (Lipinski definition) is 8. The lowest BCUT2D eigenvalue weighted by Gasteiger charge is -2.28. The van der Waals surface area contributed by atoms with Gasteiger partial charge in [-0.1, -0.05) is 40.4 Å². The molecule has 39 heavy (non-hydrogen) atoms. The monoisotopic (exact) mass is 575 g/mol. The summed E-state index contributed by atoms with van der Waals surface area (Å²) < 4.78 is 73.8. The van der Waals surface area contributed by atoms with E-state index in [-0.39, 0.29) is 23.2 Å². The maximum atomic E-state index is 13.6. The Balaban J connectivity index is 1.72. The molecule has 1 aliphatic heterocycles. The zero-order valence-electron chi connectivity index (χ0n) is 20.3. The van der Waals surface area contributed by atoms with Gasteiger partial charge in [-0.3, -0.25) is 10.1 Å². The van der Waals surface area contributed by atoms with Gasteiger partial charge in [0.15, 0.2) is 5.75 Å². The summed E-state index contributed by atoms with van der Waals surface area (Å²) in [6, 6.07) is 10.3. The molecular weight excluding hydrogens is 553 g/mol. The topological polar surface area (TPSA) is 159 Å². The van der Waals surface area contributed by atoms with Crippen molar-refractivity contribution in [1.82, 2.24) is 9.44 Å². The SMILES string of the molecule is C#C[C@H](N[C@@H](C)CC(=O)O)c1ccc(S(=O)(=O)NS(=O)(=O)N2CC(=O)Oc3cc(F)ccc32)c2ccccc12. The largest absolute Gasteiger partial charge is 0.481 e. The van der Waals surface area contributed by atoms with Crippen LogP contribution in [0.25, 0.3) is 10.8 Å². The Kier molecular flexibility index (Phi) is 7.62. The van der Waals surface area contributed by atoms with Crippen molar-refractivity contribution in [3.63, 3.8) is 0 Å². The van der Waals surface area contributed by atoms with E-state index < -0.39 is 61.5 Å². The van der Waals surface area contributed by atoms with Crippen molar-refractivity contribution in [1.29, 1.82) is 0 Å². The van der Waals surface area contributed by atoms with Crippen molar-refractivity contribution in [2.75, 3.05) is 10.8 Å². The highest BCUT2D eigenvalue weighted by molar-refractivity contribution is 8.05. The predicted molar refractivity (Wildman–Crippen MR) is 139 cm³/mol. The van der Waals surface area contributed by atoms with Crippen LogP contribution in [0.1, 0.15) is 24.9 Å². The van der Waals surface area contributed by atoms with E-state index in [9.17, 15) is 30.8 Å². The molecule has 1 heterocycles. The molecule has 0 unspecified atom stereocenters. The molecule has 3 aromatic carbocycles. The van der Waals surface area contributed by atoms with Crippen LogP contribution in [0, 0.1) is 18.2 Å². The van der Waals surface area contributed by atoms with Gasteiger partial charge in [0.05, 0.1) is 23.0 Å². The van der Waals surface area contributed by atoms with E-state index in [1.165, 1.54) is 18.2 Å². The molecule has 2 atom stereocenters. The molecule has 0 radical (unpaired) electrons. The number of aliphatic carboxylic acids is 1. The van der Waals surface area contributed by atoms with Crippen LogP contribution in [-0.2, 0) is 29.8 Å². The Labute approximate surface area is 223 Å². The van der Waals surface area contributed by atoms with Crippen LogP contribution >= 0.6 is 0 Å². The summed E-state index contributed by atoms with van der Waals surface area (Å²) in [5.74, 6) is -0.699. The molecule has 4 rings (SSSR count). The molecule has 3 aromatic rings. The van der Waals surface area contributed by atoms with E-state index in [2.05, 4.69) is 11.2 Å². The van der Waals surface area contributed by atoms with Gasteiger partial charge in [0.2, 0.25) is 0 Å². The second-order valence-electron chi connectivity index (χ2n) is 8.65. The molecule has 0 bridgehead atoms. The highest BCUT2D eigenvalue weighted by Crippen LogP contribution is 2.35. The summed E-state index contributed by atoms with van der Waals surface area (Å²) in [4.78, 5) is 22.6. The second-order valence-corrected chi connectivity index (χ2v) is 12.2. The van der Waals surface area contributed by atoms with Crippen molar-refractivity contribution in [2.24, 2.45) is 0 Å². The maximum absolute atomic E-state index is 13.6. The van der Waals surface area contributed by atoms with Crippen molar-refractivity contribution < 1.29 is 40.7 Å². The standard InChI is InChI=1S/C25H22FN3O8S2/c1-3-20(27-15(2)12-24(30)31)18-9-11-23(19-7-5-4-6-17(18)19)38(33,34)28-39(35,36)29-14-25(32)37-22-13-16(26)8-10-21(22)29/h1,4-11,13,15,20,27-28H,12,14H2,2H3,(H,30,31)/t15-,20-/m0/s1. The summed E-state index contributed by atoms with van der Waals surface area (Å²) in [6.45, 7) is 0.796. The van der Waals surface area contributed by atoms with E-state index in [1.54, 1.807) is 29.3 Å².